The zero-order valence-corrected chi connectivity index (χ0v) is 33.1. The highest BCUT2D eigenvalue weighted by molar-refractivity contribution is 7.99. The first-order chi connectivity index (χ1) is 27.6. The molecular weight excluding hydrogens is 751 g/mol. The molecule has 0 saturated carbocycles. The largest absolute Gasteiger partial charge is 0.504 e. The number of rotatable bonds is 4. The lowest BCUT2D eigenvalue weighted by molar-refractivity contribution is -0.186. The van der Waals surface area contributed by atoms with Crippen molar-refractivity contribution in [2.24, 2.45) is 0 Å². The van der Waals surface area contributed by atoms with E-state index < -0.39 is 41.1 Å². The highest BCUT2D eigenvalue weighted by Crippen LogP contribution is 2.65. The maximum absolute atomic E-state index is 14.8. The van der Waals surface area contributed by atoms with Crippen molar-refractivity contribution in [3.8, 4) is 46.0 Å². The van der Waals surface area contributed by atoms with Crippen LogP contribution in [0.3, 0.4) is 0 Å². The Morgan fingerprint density at radius 3 is 2.51 bits per heavy atom. The normalized spacial score (nSPS) is 28.5. The number of fused-ring (bicyclic) bond motifs is 9. The summed E-state index contributed by atoms with van der Waals surface area (Å²) in [4.78, 5) is 19.1. The summed E-state index contributed by atoms with van der Waals surface area (Å²) in [5, 5.41) is 38.7. The van der Waals surface area contributed by atoms with Gasteiger partial charge in [-0.3, -0.25) is 15.1 Å². The van der Waals surface area contributed by atoms with E-state index in [2.05, 4.69) is 21.2 Å². The fourth-order valence-corrected chi connectivity index (χ4v) is 12.1. The summed E-state index contributed by atoms with van der Waals surface area (Å²) in [5.41, 5.74) is 5.07. The van der Waals surface area contributed by atoms with Crippen LogP contribution in [0.15, 0.2) is 48.5 Å². The summed E-state index contributed by atoms with van der Waals surface area (Å²) in [6.45, 7) is 4.23. The summed E-state index contributed by atoms with van der Waals surface area (Å²) >= 11 is 1.56. The molecule has 0 aromatic heterocycles. The van der Waals surface area contributed by atoms with Crippen molar-refractivity contribution in [3.63, 3.8) is 0 Å². The number of thioether (sulfide) groups is 1. The van der Waals surface area contributed by atoms with Crippen LogP contribution >= 0.6 is 11.8 Å². The Kier molecular flexibility index (Phi) is 8.54. The number of aliphatic hydroxyl groups is 1. The van der Waals surface area contributed by atoms with Crippen LogP contribution in [0.25, 0.3) is 0 Å². The number of aliphatic hydroxyl groups excluding tert-OH is 1. The lowest BCUT2D eigenvalue weighted by Gasteiger charge is -2.62. The van der Waals surface area contributed by atoms with Gasteiger partial charge in [0.05, 0.1) is 37.6 Å². The third kappa shape index (κ3) is 5.13. The highest BCUT2D eigenvalue weighted by atomic mass is 32.2. The van der Waals surface area contributed by atoms with Crippen LogP contribution in [-0.2, 0) is 27.9 Å². The predicted octanol–water partition coefficient (Wildman–Crippen LogP) is 5.28. The number of phenolic OH excluding ortho intramolecular Hbond substituents is 2. The first-order valence-corrected chi connectivity index (χ1v) is 20.3. The Labute approximate surface area is 334 Å². The minimum absolute atomic E-state index is 0.000573. The fourth-order valence-electron chi connectivity index (χ4n) is 10.5. The number of aromatic hydroxyl groups is 2. The molecule has 7 heterocycles. The van der Waals surface area contributed by atoms with Crippen molar-refractivity contribution >= 4 is 17.7 Å². The molecule has 1 spiro atoms. The number of nitrogens with one attached hydrogen (secondary N) is 1. The van der Waals surface area contributed by atoms with Crippen molar-refractivity contribution in [2.75, 3.05) is 47.0 Å². The smallest absolute Gasteiger partial charge is 0.331 e. The second kappa shape index (κ2) is 13.3. The molecule has 2 saturated heterocycles. The number of para-hydroxylation sites is 1. The van der Waals surface area contributed by atoms with E-state index in [-0.39, 0.29) is 42.4 Å². The molecule has 7 atom stereocenters. The van der Waals surface area contributed by atoms with Crippen LogP contribution in [0.1, 0.15) is 61.8 Å². The summed E-state index contributed by atoms with van der Waals surface area (Å²) < 4.78 is 37.2. The molecule has 4 bridgehead atoms. The second-order valence-corrected chi connectivity index (χ2v) is 16.9. The zero-order chi connectivity index (χ0) is 39.5. The molecule has 11 rings (SSSR count). The van der Waals surface area contributed by atoms with Gasteiger partial charge in [-0.1, -0.05) is 24.3 Å². The Hall–Kier alpha value is -4.86. The monoisotopic (exact) mass is 795 g/mol. The number of phenols is 2. The minimum atomic E-state index is -1.32. The molecule has 2 fully saturated rings. The van der Waals surface area contributed by atoms with E-state index in [9.17, 15) is 20.1 Å². The number of ether oxygens (including phenoxy) is 6. The van der Waals surface area contributed by atoms with Gasteiger partial charge in [0, 0.05) is 40.6 Å². The van der Waals surface area contributed by atoms with Crippen LogP contribution in [0, 0.1) is 13.8 Å². The minimum Gasteiger partial charge on any atom is -0.504 e. The van der Waals surface area contributed by atoms with E-state index in [0.29, 0.717) is 53.7 Å². The Morgan fingerprint density at radius 1 is 0.947 bits per heavy atom. The summed E-state index contributed by atoms with van der Waals surface area (Å²) in [7, 11) is 5.06. The molecule has 4 aromatic carbocycles. The number of nitrogens with zero attached hydrogens (tertiary/aromatic N) is 2. The second-order valence-electron chi connectivity index (χ2n) is 15.8. The molecular formula is C43H45N3O10S. The number of carbonyl (C=O) groups excluding carboxylic acids is 1. The van der Waals surface area contributed by atoms with Crippen molar-refractivity contribution in [1.29, 1.82) is 0 Å². The lowest BCUT2D eigenvalue weighted by Crippen LogP contribution is -2.70. The fraction of sp³-hybridized carbons (Fsp3) is 0.419. The van der Waals surface area contributed by atoms with Gasteiger partial charge in [0.15, 0.2) is 40.0 Å². The molecule has 7 aliphatic rings. The van der Waals surface area contributed by atoms with Gasteiger partial charge in [0.1, 0.15) is 24.3 Å². The van der Waals surface area contributed by atoms with Gasteiger partial charge >= 0.3 is 5.97 Å². The quantitative estimate of drug-likeness (QED) is 0.198. The van der Waals surface area contributed by atoms with E-state index in [4.69, 9.17) is 28.4 Å². The Balaban J connectivity index is 1.25. The van der Waals surface area contributed by atoms with Crippen molar-refractivity contribution in [2.45, 2.75) is 67.9 Å². The number of esters is 1. The van der Waals surface area contributed by atoms with Gasteiger partial charge in [-0.15, -0.1) is 11.8 Å². The van der Waals surface area contributed by atoms with Gasteiger partial charge in [-0.25, -0.2) is 4.79 Å². The van der Waals surface area contributed by atoms with Crippen LogP contribution in [0.2, 0.25) is 0 Å². The van der Waals surface area contributed by atoms with Crippen LogP contribution in [0.5, 0.6) is 46.0 Å². The van der Waals surface area contributed by atoms with Crippen molar-refractivity contribution in [1.82, 2.24) is 15.1 Å². The first-order valence-electron chi connectivity index (χ1n) is 19.3. The number of methoxy groups -OCH3 is 2. The predicted molar refractivity (Wildman–Crippen MR) is 210 cm³/mol. The summed E-state index contributed by atoms with van der Waals surface area (Å²) in [6, 6.07) is 13.1. The number of likely N-dealkylation sites (N-methyl/N-ethyl adjacent to an activating group) is 1. The maximum atomic E-state index is 14.8. The van der Waals surface area contributed by atoms with Crippen LogP contribution in [0.4, 0.5) is 0 Å². The molecule has 1 unspecified atom stereocenters. The number of piperazine rings is 1. The standard InChI is InChI=1S/C43H45N3O10S/c1-20-13-23-14-26-41(49)46-27-17-53-42(50)43(25-16-29(51-4)28(47)15-22(25)11-12-44-43)18-57-40(34(46)33(45(26)3)30(23)35(48)36(20)52-5)32-31(27)39-38(54-19-55-39)21(2)37(32)56-24-9-7-6-8-10-24/h6-10,13,15-16,26-27,33-34,40-41,44,47-49H,11-12,14,17-19H2,1-5H3/t26-,27-,33+,34?,40+,41-,43+/m0/s1. The summed E-state index contributed by atoms with van der Waals surface area (Å²) in [6.07, 6.45) is 0.0723. The van der Waals surface area contributed by atoms with E-state index in [1.807, 2.05) is 51.2 Å². The maximum Gasteiger partial charge on any atom is 0.331 e. The number of benzene rings is 4. The molecule has 4 aromatic rings. The van der Waals surface area contributed by atoms with E-state index in [0.717, 1.165) is 38.9 Å². The average molecular weight is 796 g/mol. The first kappa shape index (κ1) is 36.5. The molecule has 298 valence electrons. The third-order valence-corrected chi connectivity index (χ3v) is 14.5. The van der Waals surface area contributed by atoms with Gasteiger partial charge in [0.25, 0.3) is 0 Å². The van der Waals surface area contributed by atoms with E-state index in [1.54, 1.807) is 31.0 Å². The molecule has 7 aliphatic heterocycles. The Bertz CT molecular complexity index is 2320. The van der Waals surface area contributed by atoms with Crippen LogP contribution < -0.4 is 29.0 Å². The molecule has 14 heteroatoms. The molecule has 0 amide bonds. The third-order valence-electron chi connectivity index (χ3n) is 13.0. The highest BCUT2D eigenvalue weighted by Gasteiger charge is 2.61. The number of aryl methyl sites for hydroxylation is 1. The average Bonchev–Trinajstić information content (AvgIpc) is 3.70. The Morgan fingerprint density at radius 2 is 1.74 bits per heavy atom. The molecule has 0 aliphatic carbocycles. The molecule has 0 radical (unpaired) electrons. The van der Waals surface area contributed by atoms with Crippen LogP contribution in [-0.4, -0.2) is 96.4 Å². The van der Waals surface area contributed by atoms with E-state index >= 15 is 0 Å². The molecule has 57 heavy (non-hydrogen) atoms. The lowest BCUT2D eigenvalue weighted by atomic mass is 9.73. The van der Waals surface area contributed by atoms with Gasteiger partial charge in [-0.05, 0) is 80.3 Å². The summed E-state index contributed by atoms with van der Waals surface area (Å²) in [5.74, 6) is 2.82. The number of carbonyl (C=O) groups is 1. The van der Waals surface area contributed by atoms with Crippen molar-refractivity contribution in [3.05, 3.63) is 93.0 Å². The van der Waals surface area contributed by atoms with Gasteiger partial charge in [0.2, 0.25) is 6.79 Å². The van der Waals surface area contributed by atoms with Crippen molar-refractivity contribution < 1.29 is 48.5 Å². The SMILES string of the molecule is COc1cc2c(cc1O)CCN[C@]21CS[C@@H]2c3c(Oc4ccccc4)c(C)c4c(c3[C@H](COC1=O)N1C2[C@H]2c3c(cc(C)c(OC)c3O)C[C@@H]([C@@H]1O)N2C)OCO4. The zero-order valence-electron chi connectivity index (χ0n) is 32.3. The molecule has 13 nitrogen and oxygen atoms in total. The van der Waals surface area contributed by atoms with Gasteiger partial charge < -0.3 is 43.7 Å². The topological polar surface area (TPSA) is 152 Å². The van der Waals surface area contributed by atoms with Gasteiger partial charge in [-0.2, -0.15) is 0 Å². The number of hydrogen-bond donors (Lipinski definition) is 4. The molecule has 4 N–H and O–H groups in total. The van der Waals surface area contributed by atoms with E-state index in [1.165, 1.54) is 7.11 Å². The number of hydrogen-bond acceptors (Lipinski definition) is 14.